The van der Waals surface area contributed by atoms with Crippen molar-refractivity contribution < 1.29 is 17.9 Å². The Morgan fingerprint density at radius 3 is 2.61 bits per heavy atom. The molecular weight excluding hydrogens is 361 g/mol. The van der Waals surface area contributed by atoms with Gasteiger partial charge in [-0.1, -0.05) is 29.3 Å². The van der Waals surface area contributed by atoms with Crippen LogP contribution in [0.4, 0.5) is 0 Å². The molecule has 0 aromatic heterocycles. The number of ether oxygens (including phenoxy) is 2. The second-order valence-electron chi connectivity index (χ2n) is 5.03. The molecule has 1 heterocycles. The molecule has 23 heavy (non-hydrogen) atoms. The van der Waals surface area contributed by atoms with Gasteiger partial charge in [-0.3, -0.25) is 0 Å². The van der Waals surface area contributed by atoms with Crippen molar-refractivity contribution in [3.63, 3.8) is 0 Å². The zero-order valence-electron chi connectivity index (χ0n) is 12.0. The van der Waals surface area contributed by atoms with Crippen LogP contribution in [0.25, 0.3) is 0 Å². The van der Waals surface area contributed by atoms with Crippen molar-refractivity contribution in [3.8, 4) is 11.5 Å². The minimum Gasteiger partial charge on any atom is -0.454 e. The predicted octanol–water partition coefficient (Wildman–Crippen LogP) is 3.76. The van der Waals surface area contributed by atoms with Gasteiger partial charge in [-0.05, 0) is 42.8 Å². The average Bonchev–Trinajstić information content (AvgIpc) is 2.96. The number of benzene rings is 2. The van der Waals surface area contributed by atoms with Gasteiger partial charge < -0.3 is 9.47 Å². The lowest BCUT2D eigenvalue weighted by Gasteiger charge is -2.16. The number of nitrogens with one attached hydrogen (secondary N) is 1. The highest BCUT2D eigenvalue weighted by Crippen LogP contribution is 2.34. The maximum atomic E-state index is 12.5. The van der Waals surface area contributed by atoms with E-state index in [4.69, 9.17) is 32.7 Å². The van der Waals surface area contributed by atoms with Gasteiger partial charge in [0.1, 0.15) is 4.90 Å². The maximum absolute atomic E-state index is 12.5. The van der Waals surface area contributed by atoms with Crippen LogP contribution < -0.4 is 14.2 Å². The summed E-state index contributed by atoms with van der Waals surface area (Å²) in [6, 6.07) is 9.08. The molecule has 0 bridgehead atoms. The van der Waals surface area contributed by atoms with E-state index in [1.54, 1.807) is 25.1 Å². The van der Waals surface area contributed by atoms with Gasteiger partial charge >= 0.3 is 0 Å². The van der Waals surface area contributed by atoms with Crippen LogP contribution in [0.3, 0.4) is 0 Å². The molecule has 2 aromatic carbocycles. The Balaban J connectivity index is 1.86. The van der Waals surface area contributed by atoms with Crippen molar-refractivity contribution in [3.05, 3.63) is 52.0 Å². The molecule has 1 N–H and O–H groups in total. The van der Waals surface area contributed by atoms with E-state index in [0.717, 1.165) is 5.56 Å². The lowest BCUT2D eigenvalue weighted by atomic mass is 10.1. The SMILES string of the molecule is CC(NS(=O)(=O)c1cc(Cl)ccc1Cl)c1ccc2c(c1)OCO2. The first-order chi connectivity index (χ1) is 10.9. The Kier molecular flexibility index (Phi) is 4.42. The van der Waals surface area contributed by atoms with Gasteiger partial charge in [0.05, 0.1) is 5.02 Å². The maximum Gasteiger partial charge on any atom is 0.242 e. The minimum atomic E-state index is -3.81. The summed E-state index contributed by atoms with van der Waals surface area (Å²) in [7, 11) is -3.81. The smallest absolute Gasteiger partial charge is 0.242 e. The first-order valence-electron chi connectivity index (χ1n) is 6.74. The Bertz CT molecular complexity index is 855. The molecular formula is C15H13Cl2NO4S. The molecule has 0 saturated carbocycles. The topological polar surface area (TPSA) is 64.6 Å². The van der Waals surface area contributed by atoms with Crippen LogP contribution in [-0.4, -0.2) is 15.2 Å². The lowest BCUT2D eigenvalue weighted by Crippen LogP contribution is -2.27. The van der Waals surface area contributed by atoms with Crippen LogP contribution in [0.1, 0.15) is 18.5 Å². The van der Waals surface area contributed by atoms with Crippen molar-refractivity contribution in [2.75, 3.05) is 6.79 Å². The number of hydrogen-bond acceptors (Lipinski definition) is 4. The van der Waals surface area contributed by atoms with Crippen LogP contribution in [-0.2, 0) is 10.0 Å². The van der Waals surface area contributed by atoms with E-state index >= 15 is 0 Å². The monoisotopic (exact) mass is 373 g/mol. The highest BCUT2D eigenvalue weighted by molar-refractivity contribution is 7.89. The number of hydrogen-bond donors (Lipinski definition) is 1. The molecule has 0 aliphatic carbocycles. The summed E-state index contributed by atoms with van der Waals surface area (Å²) >= 11 is 11.8. The van der Waals surface area contributed by atoms with E-state index in [-0.39, 0.29) is 16.7 Å². The van der Waals surface area contributed by atoms with Crippen LogP contribution in [0, 0.1) is 0 Å². The fraction of sp³-hybridized carbons (Fsp3) is 0.200. The van der Waals surface area contributed by atoms with E-state index in [1.165, 1.54) is 18.2 Å². The van der Waals surface area contributed by atoms with Crippen molar-refractivity contribution in [2.24, 2.45) is 0 Å². The molecule has 1 unspecified atom stereocenters. The normalized spacial score (nSPS) is 14.7. The largest absolute Gasteiger partial charge is 0.454 e. The Morgan fingerprint density at radius 1 is 1.09 bits per heavy atom. The van der Waals surface area contributed by atoms with E-state index in [2.05, 4.69) is 4.72 Å². The van der Waals surface area contributed by atoms with Crippen LogP contribution in [0.2, 0.25) is 10.0 Å². The number of rotatable bonds is 4. The Hall–Kier alpha value is -1.47. The minimum absolute atomic E-state index is 0.0562. The molecule has 1 aliphatic rings. The summed E-state index contributed by atoms with van der Waals surface area (Å²) in [6.07, 6.45) is 0. The number of sulfonamides is 1. The second kappa shape index (κ2) is 6.20. The number of fused-ring (bicyclic) bond motifs is 1. The molecule has 1 atom stereocenters. The van der Waals surface area contributed by atoms with Gasteiger partial charge in [0, 0.05) is 11.1 Å². The molecule has 5 nitrogen and oxygen atoms in total. The Labute approximate surface area is 144 Å². The highest BCUT2D eigenvalue weighted by Gasteiger charge is 2.23. The Morgan fingerprint density at radius 2 is 1.83 bits per heavy atom. The third-order valence-corrected chi connectivity index (χ3v) is 5.67. The fourth-order valence-corrected chi connectivity index (χ4v) is 4.22. The van der Waals surface area contributed by atoms with Crippen LogP contribution >= 0.6 is 23.2 Å². The van der Waals surface area contributed by atoms with Gasteiger partial charge in [0.15, 0.2) is 11.5 Å². The first-order valence-corrected chi connectivity index (χ1v) is 8.98. The molecule has 2 aromatic rings. The highest BCUT2D eigenvalue weighted by atomic mass is 35.5. The molecule has 0 spiro atoms. The van der Waals surface area contributed by atoms with Crippen molar-refractivity contribution in [1.82, 2.24) is 4.72 Å². The third-order valence-electron chi connectivity index (χ3n) is 3.41. The molecule has 0 fully saturated rings. The van der Waals surface area contributed by atoms with E-state index < -0.39 is 16.1 Å². The van der Waals surface area contributed by atoms with E-state index in [9.17, 15) is 8.42 Å². The second-order valence-corrected chi connectivity index (χ2v) is 7.56. The van der Waals surface area contributed by atoms with Gasteiger partial charge in [0.25, 0.3) is 0 Å². The zero-order valence-corrected chi connectivity index (χ0v) is 14.4. The van der Waals surface area contributed by atoms with Gasteiger partial charge in [-0.15, -0.1) is 0 Å². The van der Waals surface area contributed by atoms with Gasteiger partial charge in [-0.2, -0.15) is 0 Å². The molecule has 0 radical (unpaired) electrons. The summed E-state index contributed by atoms with van der Waals surface area (Å²) in [5.74, 6) is 1.23. The van der Waals surface area contributed by atoms with E-state index in [1.807, 2.05) is 0 Å². The average molecular weight is 374 g/mol. The van der Waals surface area contributed by atoms with Gasteiger partial charge in [0.2, 0.25) is 16.8 Å². The third kappa shape index (κ3) is 3.40. The fourth-order valence-electron chi connectivity index (χ4n) is 2.23. The number of halogens is 2. The van der Waals surface area contributed by atoms with Crippen molar-refractivity contribution >= 4 is 33.2 Å². The summed E-state index contributed by atoms with van der Waals surface area (Å²) < 4.78 is 38.1. The first kappa shape index (κ1) is 16.4. The summed E-state index contributed by atoms with van der Waals surface area (Å²) in [6.45, 7) is 1.89. The van der Waals surface area contributed by atoms with Crippen molar-refractivity contribution in [2.45, 2.75) is 17.9 Å². The molecule has 122 valence electrons. The zero-order chi connectivity index (χ0) is 16.6. The predicted molar refractivity (Wildman–Crippen MR) is 87.8 cm³/mol. The van der Waals surface area contributed by atoms with Crippen LogP contribution in [0.15, 0.2) is 41.3 Å². The molecule has 0 saturated heterocycles. The summed E-state index contributed by atoms with van der Waals surface area (Å²) in [5.41, 5.74) is 0.746. The summed E-state index contributed by atoms with van der Waals surface area (Å²) in [4.78, 5) is -0.0562. The van der Waals surface area contributed by atoms with Crippen LogP contribution in [0.5, 0.6) is 11.5 Å². The molecule has 8 heteroatoms. The quantitative estimate of drug-likeness (QED) is 0.885. The van der Waals surface area contributed by atoms with E-state index in [0.29, 0.717) is 16.5 Å². The van der Waals surface area contributed by atoms with Crippen molar-refractivity contribution in [1.29, 1.82) is 0 Å². The van der Waals surface area contributed by atoms with Gasteiger partial charge in [-0.25, -0.2) is 13.1 Å². The summed E-state index contributed by atoms with van der Waals surface area (Å²) in [5, 5.41) is 0.408. The molecule has 3 rings (SSSR count). The lowest BCUT2D eigenvalue weighted by molar-refractivity contribution is 0.174. The standard InChI is InChI=1S/C15H13Cl2NO4S/c1-9(10-2-5-13-14(6-10)22-8-21-13)18-23(19,20)15-7-11(16)3-4-12(15)17/h2-7,9,18H,8H2,1H3. The molecule has 0 amide bonds. The molecule has 1 aliphatic heterocycles.